The SMILES string of the molecule is Cc1nn(C(C)C)c(Sc2cc(Cl)cc(CCl)c2)c1Cc1cnccn1. The molecule has 3 aromatic rings. The van der Waals surface area contributed by atoms with Crippen molar-refractivity contribution in [2.45, 2.75) is 49.0 Å². The van der Waals surface area contributed by atoms with Crippen molar-refractivity contribution < 1.29 is 0 Å². The van der Waals surface area contributed by atoms with Crippen molar-refractivity contribution in [2.75, 3.05) is 0 Å². The number of hydrogen-bond acceptors (Lipinski definition) is 4. The molecule has 2 aromatic heterocycles. The molecule has 0 fully saturated rings. The Balaban J connectivity index is 2.02. The smallest absolute Gasteiger partial charge is 0.103 e. The predicted molar refractivity (Wildman–Crippen MR) is 107 cm³/mol. The number of halogens is 2. The van der Waals surface area contributed by atoms with E-state index in [4.69, 9.17) is 28.3 Å². The molecule has 0 aliphatic heterocycles. The average molecular weight is 407 g/mol. The second kappa shape index (κ2) is 8.42. The summed E-state index contributed by atoms with van der Waals surface area (Å²) in [5.41, 5.74) is 4.10. The highest BCUT2D eigenvalue weighted by Crippen LogP contribution is 2.36. The van der Waals surface area contributed by atoms with Gasteiger partial charge in [0.15, 0.2) is 0 Å². The molecule has 0 N–H and O–H groups in total. The molecule has 0 bridgehead atoms. The average Bonchev–Trinajstić information content (AvgIpc) is 2.92. The number of aromatic nitrogens is 4. The van der Waals surface area contributed by atoms with Crippen LogP contribution in [0.1, 0.15) is 42.4 Å². The van der Waals surface area contributed by atoms with E-state index in [0.717, 1.165) is 32.4 Å². The molecule has 0 spiro atoms. The van der Waals surface area contributed by atoms with E-state index in [1.807, 2.05) is 19.1 Å². The number of alkyl halides is 1. The molecule has 136 valence electrons. The van der Waals surface area contributed by atoms with Crippen LogP contribution < -0.4 is 0 Å². The number of hydrogen-bond donors (Lipinski definition) is 0. The molecule has 0 aliphatic rings. The zero-order valence-corrected chi connectivity index (χ0v) is 17.2. The summed E-state index contributed by atoms with van der Waals surface area (Å²) in [6, 6.07) is 6.17. The van der Waals surface area contributed by atoms with Gasteiger partial charge < -0.3 is 0 Å². The standard InChI is InChI=1S/C19H20Cl2N4S/c1-12(2)25-19(26-17-7-14(10-20)6-15(21)8-17)18(13(3)24-25)9-16-11-22-4-5-23-16/h4-8,11-12H,9-10H2,1-3H3. The van der Waals surface area contributed by atoms with E-state index in [9.17, 15) is 0 Å². The van der Waals surface area contributed by atoms with Crippen molar-refractivity contribution in [3.05, 3.63) is 64.3 Å². The van der Waals surface area contributed by atoms with Gasteiger partial charge in [-0.05, 0) is 44.5 Å². The highest BCUT2D eigenvalue weighted by atomic mass is 35.5. The third kappa shape index (κ3) is 4.40. The zero-order chi connectivity index (χ0) is 18.7. The van der Waals surface area contributed by atoms with Crippen molar-refractivity contribution in [3.8, 4) is 0 Å². The topological polar surface area (TPSA) is 43.6 Å². The van der Waals surface area contributed by atoms with Crippen molar-refractivity contribution in [2.24, 2.45) is 0 Å². The van der Waals surface area contributed by atoms with Gasteiger partial charge in [-0.25, -0.2) is 0 Å². The molecule has 3 rings (SSSR count). The third-order valence-corrected chi connectivity index (χ3v) is 5.55. The van der Waals surface area contributed by atoms with Crippen molar-refractivity contribution in [3.63, 3.8) is 0 Å². The van der Waals surface area contributed by atoms with Gasteiger partial charge in [0.1, 0.15) is 5.03 Å². The molecule has 0 atom stereocenters. The Hall–Kier alpha value is -1.56. The number of nitrogens with zero attached hydrogens (tertiary/aromatic N) is 4. The van der Waals surface area contributed by atoms with Crippen LogP contribution in [0.2, 0.25) is 5.02 Å². The monoisotopic (exact) mass is 406 g/mol. The quantitative estimate of drug-likeness (QED) is 0.492. The van der Waals surface area contributed by atoms with E-state index in [-0.39, 0.29) is 6.04 Å². The maximum atomic E-state index is 6.26. The lowest BCUT2D eigenvalue weighted by Gasteiger charge is -2.13. The number of rotatable bonds is 6. The maximum absolute atomic E-state index is 6.26. The van der Waals surface area contributed by atoms with E-state index >= 15 is 0 Å². The maximum Gasteiger partial charge on any atom is 0.103 e. The largest absolute Gasteiger partial charge is 0.261 e. The van der Waals surface area contributed by atoms with Gasteiger partial charge in [0.2, 0.25) is 0 Å². The molecule has 1 aromatic carbocycles. The number of benzene rings is 1. The Morgan fingerprint density at radius 2 is 2.00 bits per heavy atom. The van der Waals surface area contributed by atoms with E-state index in [2.05, 4.69) is 34.6 Å². The second-order valence-electron chi connectivity index (χ2n) is 6.31. The van der Waals surface area contributed by atoms with Crippen LogP contribution in [-0.4, -0.2) is 19.7 Å². The first kappa shape index (κ1) is 19.2. The van der Waals surface area contributed by atoms with E-state index < -0.39 is 0 Å². The lowest BCUT2D eigenvalue weighted by Crippen LogP contribution is -2.05. The Bertz CT molecular complexity index is 894. The molecular formula is C19H20Cl2N4S. The Labute approximate surface area is 168 Å². The van der Waals surface area contributed by atoms with Crippen LogP contribution in [0.25, 0.3) is 0 Å². The van der Waals surface area contributed by atoms with Crippen LogP contribution >= 0.6 is 35.0 Å². The fourth-order valence-electron chi connectivity index (χ4n) is 2.69. The van der Waals surface area contributed by atoms with Crippen LogP contribution in [0.4, 0.5) is 0 Å². The zero-order valence-electron chi connectivity index (χ0n) is 14.9. The lowest BCUT2D eigenvalue weighted by molar-refractivity contribution is 0.489. The molecular weight excluding hydrogens is 387 g/mol. The van der Waals surface area contributed by atoms with Crippen LogP contribution in [0.5, 0.6) is 0 Å². The van der Waals surface area contributed by atoms with Crippen LogP contribution in [-0.2, 0) is 12.3 Å². The summed E-state index contributed by atoms with van der Waals surface area (Å²) in [4.78, 5) is 9.63. The van der Waals surface area contributed by atoms with Gasteiger partial charge in [0.25, 0.3) is 0 Å². The van der Waals surface area contributed by atoms with Gasteiger partial charge in [-0.15, -0.1) is 11.6 Å². The van der Waals surface area contributed by atoms with Crippen LogP contribution in [0.3, 0.4) is 0 Å². The first-order chi connectivity index (χ1) is 12.5. The summed E-state index contributed by atoms with van der Waals surface area (Å²) in [7, 11) is 0. The van der Waals surface area contributed by atoms with Crippen molar-refractivity contribution in [1.82, 2.24) is 19.7 Å². The molecule has 0 unspecified atom stereocenters. The van der Waals surface area contributed by atoms with E-state index in [1.54, 1.807) is 30.4 Å². The third-order valence-electron chi connectivity index (χ3n) is 3.92. The molecule has 0 amide bonds. The van der Waals surface area contributed by atoms with Crippen LogP contribution in [0.15, 0.2) is 46.7 Å². The minimum Gasteiger partial charge on any atom is -0.261 e. The van der Waals surface area contributed by atoms with Gasteiger partial charge >= 0.3 is 0 Å². The molecule has 2 heterocycles. The van der Waals surface area contributed by atoms with E-state index in [1.165, 1.54) is 0 Å². The summed E-state index contributed by atoms with van der Waals surface area (Å²) < 4.78 is 2.06. The summed E-state index contributed by atoms with van der Waals surface area (Å²) in [5.74, 6) is 0.434. The Morgan fingerprint density at radius 3 is 2.65 bits per heavy atom. The van der Waals surface area contributed by atoms with Gasteiger partial charge in [0.05, 0.1) is 11.4 Å². The first-order valence-electron chi connectivity index (χ1n) is 8.34. The van der Waals surface area contributed by atoms with Crippen molar-refractivity contribution in [1.29, 1.82) is 0 Å². The summed E-state index contributed by atoms with van der Waals surface area (Å²) in [6.45, 7) is 6.30. The fraction of sp³-hybridized carbons (Fsp3) is 0.316. The van der Waals surface area contributed by atoms with Crippen molar-refractivity contribution >= 4 is 35.0 Å². The highest BCUT2D eigenvalue weighted by molar-refractivity contribution is 7.99. The summed E-state index contributed by atoms with van der Waals surface area (Å²) in [5, 5.41) is 6.55. The molecule has 26 heavy (non-hydrogen) atoms. The molecule has 0 saturated carbocycles. The summed E-state index contributed by atoms with van der Waals surface area (Å²) in [6.07, 6.45) is 5.89. The predicted octanol–water partition coefficient (Wildman–Crippen LogP) is 5.70. The first-order valence-corrected chi connectivity index (χ1v) is 10.1. The molecule has 4 nitrogen and oxygen atoms in total. The van der Waals surface area contributed by atoms with E-state index in [0.29, 0.717) is 17.3 Å². The highest BCUT2D eigenvalue weighted by Gasteiger charge is 2.19. The Morgan fingerprint density at radius 1 is 1.19 bits per heavy atom. The normalized spacial score (nSPS) is 11.3. The molecule has 0 radical (unpaired) electrons. The minimum absolute atomic E-state index is 0.249. The minimum atomic E-state index is 0.249. The lowest BCUT2D eigenvalue weighted by atomic mass is 10.1. The molecule has 7 heteroatoms. The molecule has 0 aliphatic carbocycles. The second-order valence-corrected chi connectivity index (χ2v) is 8.08. The van der Waals surface area contributed by atoms with Gasteiger partial charge in [-0.1, -0.05) is 23.4 Å². The fourth-order valence-corrected chi connectivity index (χ4v) is 4.48. The van der Waals surface area contributed by atoms with Gasteiger partial charge in [-0.2, -0.15) is 5.10 Å². The number of aryl methyl sites for hydroxylation is 1. The Kier molecular flexibility index (Phi) is 6.22. The van der Waals surface area contributed by atoms with Gasteiger partial charge in [-0.3, -0.25) is 14.6 Å². The van der Waals surface area contributed by atoms with Gasteiger partial charge in [0, 0.05) is 52.4 Å². The van der Waals surface area contributed by atoms with Crippen LogP contribution in [0, 0.1) is 6.92 Å². The molecule has 0 saturated heterocycles. The summed E-state index contributed by atoms with van der Waals surface area (Å²) >= 11 is 13.9.